The Morgan fingerprint density at radius 2 is 1.76 bits per heavy atom. The molecule has 0 saturated heterocycles. The van der Waals surface area contributed by atoms with E-state index < -0.39 is 17.7 Å². The maximum Gasteiger partial charge on any atom is 0.246 e. The second-order valence-electron chi connectivity index (χ2n) is 5.95. The van der Waals surface area contributed by atoms with E-state index in [-0.39, 0.29) is 11.6 Å². The maximum absolute atomic E-state index is 13.3. The SMILES string of the molecule is Cc1cc(C(C)O)cc(Nc2ncn(-c3cc(F)cc(F)c3)n2)c1C. The zero-order valence-corrected chi connectivity index (χ0v) is 14.1. The summed E-state index contributed by atoms with van der Waals surface area (Å²) < 4.78 is 28.0. The van der Waals surface area contributed by atoms with E-state index in [4.69, 9.17) is 0 Å². The molecule has 130 valence electrons. The molecule has 0 aliphatic rings. The van der Waals surface area contributed by atoms with E-state index in [1.54, 1.807) is 6.92 Å². The summed E-state index contributed by atoms with van der Waals surface area (Å²) in [5.74, 6) is -1.08. The van der Waals surface area contributed by atoms with Crippen molar-refractivity contribution in [3.05, 3.63) is 65.0 Å². The Morgan fingerprint density at radius 3 is 2.40 bits per heavy atom. The van der Waals surface area contributed by atoms with Gasteiger partial charge in [0.2, 0.25) is 5.95 Å². The van der Waals surface area contributed by atoms with Crippen LogP contribution in [-0.2, 0) is 0 Å². The summed E-state index contributed by atoms with van der Waals surface area (Å²) in [5.41, 5.74) is 3.80. The number of aliphatic hydroxyl groups excluding tert-OH is 1. The van der Waals surface area contributed by atoms with Crippen molar-refractivity contribution in [2.45, 2.75) is 26.9 Å². The quantitative estimate of drug-likeness (QED) is 0.752. The van der Waals surface area contributed by atoms with E-state index in [9.17, 15) is 13.9 Å². The first-order valence-corrected chi connectivity index (χ1v) is 7.78. The van der Waals surface area contributed by atoms with Gasteiger partial charge in [-0.05, 0) is 55.7 Å². The van der Waals surface area contributed by atoms with Crippen LogP contribution in [0.25, 0.3) is 5.69 Å². The fraction of sp³-hybridized carbons (Fsp3) is 0.222. The lowest BCUT2D eigenvalue weighted by Gasteiger charge is -2.14. The first-order chi connectivity index (χ1) is 11.8. The number of nitrogens with zero attached hydrogens (tertiary/aromatic N) is 3. The van der Waals surface area contributed by atoms with Gasteiger partial charge in [0.25, 0.3) is 0 Å². The van der Waals surface area contributed by atoms with Crippen molar-refractivity contribution in [3.63, 3.8) is 0 Å². The minimum absolute atomic E-state index is 0.240. The Balaban J connectivity index is 1.91. The van der Waals surface area contributed by atoms with Crippen molar-refractivity contribution in [1.82, 2.24) is 14.8 Å². The monoisotopic (exact) mass is 344 g/mol. The number of aliphatic hydroxyl groups is 1. The van der Waals surface area contributed by atoms with Crippen molar-refractivity contribution in [2.75, 3.05) is 5.32 Å². The minimum Gasteiger partial charge on any atom is -0.389 e. The van der Waals surface area contributed by atoms with Crippen LogP contribution in [0.1, 0.15) is 29.7 Å². The molecular weight excluding hydrogens is 326 g/mol. The predicted molar refractivity (Wildman–Crippen MR) is 91.1 cm³/mol. The summed E-state index contributed by atoms with van der Waals surface area (Å²) in [5, 5.41) is 17.1. The van der Waals surface area contributed by atoms with Gasteiger partial charge in [0.1, 0.15) is 18.0 Å². The van der Waals surface area contributed by atoms with Gasteiger partial charge in [-0.1, -0.05) is 6.07 Å². The lowest BCUT2D eigenvalue weighted by molar-refractivity contribution is 0.199. The normalized spacial score (nSPS) is 12.2. The molecule has 1 heterocycles. The first kappa shape index (κ1) is 17.0. The zero-order valence-electron chi connectivity index (χ0n) is 14.1. The third-order valence-corrected chi connectivity index (χ3v) is 4.02. The molecule has 2 aromatic carbocycles. The lowest BCUT2D eigenvalue weighted by Crippen LogP contribution is -2.02. The fourth-order valence-corrected chi connectivity index (χ4v) is 2.50. The Hall–Kier alpha value is -2.80. The zero-order chi connectivity index (χ0) is 18.1. The molecule has 25 heavy (non-hydrogen) atoms. The molecule has 3 aromatic rings. The molecule has 0 aliphatic heterocycles. The average molecular weight is 344 g/mol. The van der Waals surface area contributed by atoms with Gasteiger partial charge in [-0.3, -0.25) is 0 Å². The maximum atomic E-state index is 13.3. The molecule has 0 fully saturated rings. The van der Waals surface area contributed by atoms with E-state index in [0.29, 0.717) is 0 Å². The molecule has 0 amide bonds. The number of halogens is 2. The Kier molecular flexibility index (Phi) is 4.50. The van der Waals surface area contributed by atoms with Crippen molar-refractivity contribution >= 4 is 11.6 Å². The van der Waals surface area contributed by atoms with E-state index in [0.717, 1.165) is 28.4 Å². The summed E-state index contributed by atoms with van der Waals surface area (Å²) in [6.07, 6.45) is 0.776. The predicted octanol–water partition coefficient (Wildman–Crippen LogP) is 3.96. The third kappa shape index (κ3) is 3.66. The van der Waals surface area contributed by atoms with Gasteiger partial charge in [0, 0.05) is 11.8 Å². The van der Waals surface area contributed by atoms with Gasteiger partial charge in [-0.2, -0.15) is 4.98 Å². The Bertz CT molecular complexity index is 901. The summed E-state index contributed by atoms with van der Waals surface area (Å²) in [4.78, 5) is 4.13. The molecule has 1 atom stereocenters. The first-order valence-electron chi connectivity index (χ1n) is 7.78. The fourth-order valence-electron chi connectivity index (χ4n) is 2.50. The molecule has 2 N–H and O–H groups in total. The second-order valence-corrected chi connectivity index (χ2v) is 5.95. The highest BCUT2D eigenvalue weighted by Crippen LogP contribution is 2.26. The number of hydrogen-bond acceptors (Lipinski definition) is 4. The minimum atomic E-state index is -0.684. The Morgan fingerprint density at radius 1 is 1.08 bits per heavy atom. The van der Waals surface area contributed by atoms with Crippen molar-refractivity contribution in [3.8, 4) is 5.69 Å². The van der Waals surface area contributed by atoms with Crippen LogP contribution in [0.5, 0.6) is 0 Å². The number of anilines is 2. The van der Waals surface area contributed by atoms with Gasteiger partial charge in [0.15, 0.2) is 0 Å². The molecule has 0 bridgehead atoms. The molecule has 5 nitrogen and oxygen atoms in total. The number of rotatable bonds is 4. The lowest BCUT2D eigenvalue weighted by atomic mass is 10.0. The van der Waals surface area contributed by atoms with E-state index >= 15 is 0 Å². The van der Waals surface area contributed by atoms with Gasteiger partial charge >= 0.3 is 0 Å². The summed E-state index contributed by atoms with van der Waals surface area (Å²) in [6.45, 7) is 5.59. The molecule has 1 unspecified atom stereocenters. The molecule has 0 spiro atoms. The van der Waals surface area contributed by atoms with Crippen LogP contribution in [-0.4, -0.2) is 19.9 Å². The highest BCUT2D eigenvalue weighted by atomic mass is 19.1. The topological polar surface area (TPSA) is 63.0 Å². The average Bonchev–Trinajstić information content (AvgIpc) is 2.99. The molecular formula is C18H18F2N4O. The molecule has 1 aromatic heterocycles. The molecule has 0 saturated carbocycles. The summed E-state index contributed by atoms with van der Waals surface area (Å²) in [6, 6.07) is 6.89. The van der Waals surface area contributed by atoms with Crippen LogP contribution in [0.4, 0.5) is 20.4 Å². The van der Waals surface area contributed by atoms with Gasteiger partial charge in [-0.25, -0.2) is 13.5 Å². The van der Waals surface area contributed by atoms with Crippen molar-refractivity contribution in [2.24, 2.45) is 0 Å². The van der Waals surface area contributed by atoms with Crippen LogP contribution in [0.15, 0.2) is 36.7 Å². The van der Waals surface area contributed by atoms with Crippen LogP contribution in [0.2, 0.25) is 0 Å². The van der Waals surface area contributed by atoms with Gasteiger partial charge in [-0.15, -0.1) is 5.10 Å². The highest BCUT2D eigenvalue weighted by Gasteiger charge is 2.11. The molecule has 3 rings (SSSR count). The number of aromatic nitrogens is 3. The third-order valence-electron chi connectivity index (χ3n) is 4.02. The smallest absolute Gasteiger partial charge is 0.246 e. The van der Waals surface area contributed by atoms with Crippen LogP contribution in [0.3, 0.4) is 0 Å². The molecule has 0 radical (unpaired) electrons. The van der Waals surface area contributed by atoms with E-state index in [1.165, 1.54) is 23.1 Å². The molecule has 0 aliphatic carbocycles. The van der Waals surface area contributed by atoms with Gasteiger partial charge < -0.3 is 10.4 Å². The van der Waals surface area contributed by atoms with E-state index in [2.05, 4.69) is 15.4 Å². The van der Waals surface area contributed by atoms with Gasteiger partial charge in [0.05, 0.1) is 11.8 Å². The number of benzene rings is 2. The largest absolute Gasteiger partial charge is 0.389 e. The molecule has 7 heteroatoms. The van der Waals surface area contributed by atoms with Crippen LogP contribution in [0, 0.1) is 25.5 Å². The second kappa shape index (κ2) is 6.60. The number of hydrogen-bond donors (Lipinski definition) is 2. The van der Waals surface area contributed by atoms with Crippen molar-refractivity contribution in [1.29, 1.82) is 0 Å². The van der Waals surface area contributed by atoms with Crippen LogP contribution < -0.4 is 5.32 Å². The highest BCUT2D eigenvalue weighted by molar-refractivity contribution is 5.62. The van der Waals surface area contributed by atoms with Crippen LogP contribution >= 0.6 is 0 Å². The standard InChI is InChI=1S/C18H18F2N4O/c1-10-4-13(12(3)25)5-17(11(10)2)22-18-21-9-24(23-18)16-7-14(19)6-15(20)8-16/h4-9,12,25H,1-3H3,(H,22,23). The summed E-state index contributed by atoms with van der Waals surface area (Å²) >= 11 is 0. The summed E-state index contributed by atoms with van der Waals surface area (Å²) in [7, 11) is 0. The number of aryl methyl sites for hydroxylation is 1. The number of nitrogens with one attached hydrogen (secondary N) is 1. The van der Waals surface area contributed by atoms with Crippen molar-refractivity contribution < 1.29 is 13.9 Å². The van der Waals surface area contributed by atoms with E-state index in [1.807, 2.05) is 26.0 Å². The Labute approximate surface area is 144 Å².